The summed E-state index contributed by atoms with van der Waals surface area (Å²) in [5.41, 5.74) is 1.72. The van der Waals surface area contributed by atoms with Gasteiger partial charge < -0.3 is 15.4 Å². The zero-order valence-corrected chi connectivity index (χ0v) is 12.1. The molecule has 1 fully saturated rings. The van der Waals surface area contributed by atoms with Gasteiger partial charge >= 0.3 is 0 Å². The predicted octanol–water partition coefficient (Wildman–Crippen LogP) is 2.14. The van der Waals surface area contributed by atoms with Crippen molar-refractivity contribution >= 4 is 17.5 Å². The molecule has 1 unspecified atom stereocenters. The summed E-state index contributed by atoms with van der Waals surface area (Å²) >= 11 is 0. The first-order valence-corrected chi connectivity index (χ1v) is 7.49. The van der Waals surface area contributed by atoms with Crippen molar-refractivity contribution in [1.82, 2.24) is 5.32 Å². The van der Waals surface area contributed by atoms with Crippen LogP contribution in [0.15, 0.2) is 18.2 Å². The van der Waals surface area contributed by atoms with Gasteiger partial charge in [0.1, 0.15) is 5.75 Å². The van der Waals surface area contributed by atoms with E-state index in [1.54, 1.807) is 0 Å². The van der Waals surface area contributed by atoms with Crippen molar-refractivity contribution in [2.45, 2.75) is 51.2 Å². The smallest absolute Gasteiger partial charge is 0.266 e. The molecule has 5 nitrogen and oxygen atoms in total. The lowest BCUT2D eigenvalue weighted by molar-refractivity contribution is -0.130. The summed E-state index contributed by atoms with van der Waals surface area (Å²) in [7, 11) is 0. The molecule has 3 rings (SSSR count). The Bertz CT molecular complexity index is 565. The summed E-state index contributed by atoms with van der Waals surface area (Å²) in [5, 5.41) is 5.79. The number of amides is 2. The zero-order valence-electron chi connectivity index (χ0n) is 12.1. The molecule has 21 heavy (non-hydrogen) atoms. The average molecular weight is 288 g/mol. The van der Waals surface area contributed by atoms with E-state index < -0.39 is 6.10 Å². The number of carbonyl (C=O) groups excluding carboxylic acids is 2. The molecular formula is C16H20N2O3. The maximum Gasteiger partial charge on any atom is 0.266 e. The minimum Gasteiger partial charge on any atom is -0.478 e. The molecule has 1 aromatic carbocycles. The highest BCUT2D eigenvalue weighted by Crippen LogP contribution is 2.31. The molecule has 2 N–H and O–H groups in total. The molecule has 1 aliphatic carbocycles. The second kappa shape index (κ2) is 5.76. The van der Waals surface area contributed by atoms with Crippen LogP contribution in [0, 0.1) is 6.92 Å². The highest BCUT2D eigenvalue weighted by Gasteiger charge is 2.30. The summed E-state index contributed by atoms with van der Waals surface area (Å²) in [4.78, 5) is 24.0. The minimum atomic E-state index is -0.749. The van der Waals surface area contributed by atoms with E-state index in [9.17, 15) is 9.59 Å². The number of hydrogen-bond donors (Lipinski definition) is 2. The fourth-order valence-electron chi connectivity index (χ4n) is 2.92. The first-order chi connectivity index (χ1) is 10.1. The van der Waals surface area contributed by atoms with Crippen LogP contribution in [0.3, 0.4) is 0 Å². The topological polar surface area (TPSA) is 67.4 Å². The molecule has 1 aromatic rings. The first-order valence-electron chi connectivity index (χ1n) is 7.49. The van der Waals surface area contributed by atoms with Crippen molar-refractivity contribution in [3.05, 3.63) is 23.8 Å². The Morgan fingerprint density at radius 1 is 1.38 bits per heavy atom. The third-order valence-corrected chi connectivity index (χ3v) is 4.05. The van der Waals surface area contributed by atoms with Gasteiger partial charge in [0.2, 0.25) is 5.91 Å². The molecular weight excluding hydrogens is 268 g/mol. The highest BCUT2D eigenvalue weighted by atomic mass is 16.5. The SMILES string of the molecule is Cc1ccc2c(c1)NC(=O)C(CC(=O)NC1CCCC1)O2. The Labute approximate surface area is 124 Å². The van der Waals surface area contributed by atoms with E-state index in [0.29, 0.717) is 11.4 Å². The summed E-state index contributed by atoms with van der Waals surface area (Å²) < 4.78 is 5.66. The summed E-state index contributed by atoms with van der Waals surface area (Å²) in [6.45, 7) is 1.95. The molecule has 0 aromatic heterocycles. The molecule has 5 heteroatoms. The zero-order chi connectivity index (χ0) is 14.8. The van der Waals surface area contributed by atoms with E-state index in [0.717, 1.165) is 31.2 Å². The van der Waals surface area contributed by atoms with E-state index in [-0.39, 0.29) is 24.3 Å². The van der Waals surface area contributed by atoms with E-state index in [1.165, 1.54) is 0 Å². The third kappa shape index (κ3) is 3.17. The van der Waals surface area contributed by atoms with Gasteiger partial charge in [0, 0.05) is 6.04 Å². The fourth-order valence-corrected chi connectivity index (χ4v) is 2.92. The number of fused-ring (bicyclic) bond motifs is 1. The van der Waals surface area contributed by atoms with Crippen LogP contribution in [-0.2, 0) is 9.59 Å². The predicted molar refractivity (Wildman–Crippen MR) is 79.2 cm³/mol. The van der Waals surface area contributed by atoms with Gasteiger partial charge in [-0.2, -0.15) is 0 Å². The largest absolute Gasteiger partial charge is 0.478 e. The quantitative estimate of drug-likeness (QED) is 0.895. The second-order valence-corrected chi connectivity index (χ2v) is 5.85. The summed E-state index contributed by atoms with van der Waals surface area (Å²) in [5.74, 6) is 0.256. The maximum atomic E-state index is 12.0. The van der Waals surface area contributed by atoms with Gasteiger partial charge in [-0.3, -0.25) is 9.59 Å². The number of ether oxygens (including phenoxy) is 1. The van der Waals surface area contributed by atoms with Crippen molar-refractivity contribution in [3.63, 3.8) is 0 Å². The number of anilines is 1. The molecule has 1 saturated carbocycles. The van der Waals surface area contributed by atoms with Gasteiger partial charge in [-0.05, 0) is 37.5 Å². The van der Waals surface area contributed by atoms with Gasteiger partial charge in [0.15, 0.2) is 6.10 Å². The second-order valence-electron chi connectivity index (χ2n) is 5.85. The molecule has 1 atom stereocenters. The fraction of sp³-hybridized carbons (Fsp3) is 0.500. The van der Waals surface area contributed by atoms with Crippen LogP contribution in [-0.4, -0.2) is 24.0 Å². The van der Waals surface area contributed by atoms with E-state index in [1.807, 2.05) is 25.1 Å². The first kappa shape index (κ1) is 13.9. The number of aryl methyl sites for hydroxylation is 1. The van der Waals surface area contributed by atoms with Crippen LogP contribution in [0.1, 0.15) is 37.7 Å². The molecule has 0 spiro atoms. The van der Waals surface area contributed by atoms with Gasteiger partial charge in [0.25, 0.3) is 5.91 Å². The van der Waals surface area contributed by atoms with Crippen LogP contribution >= 0.6 is 0 Å². The molecule has 0 saturated heterocycles. The molecule has 1 aliphatic heterocycles. The minimum absolute atomic E-state index is 0.0651. The van der Waals surface area contributed by atoms with Crippen LogP contribution < -0.4 is 15.4 Å². The van der Waals surface area contributed by atoms with Crippen molar-refractivity contribution in [1.29, 1.82) is 0 Å². The lowest BCUT2D eigenvalue weighted by Crippen LogP contribution is -2.42. The molecule has 0 bridgehead atoms. The van der Waals surface area contributed by atoms with Crippen LogP contribution in [0.4, 0.5) is 5.69 Å². The standard InChI is InChI=1S/C16H20N2O3/c1-10-6-7-13-12(8-10)18-16(20)14(21-13)9-15(19)17-11-4-2-3-5-11/h6-8,11,14H,2-5,9H2,1H3,(H,17,19)(H,18,20). The highest BCUT2D eigenvalue weighted by molar-refractivity contribution is 6.00. The Hall–Kier alpha value is -2.04. The molecule has 0 radical (unpaired) electrons. The van der Waals surface area contributed by atoms with Crippen molar-refractivity contribution in [2.75, 3.05) is 5.32 Å². The van der Waals surface area contributed by atoms with Crippen LogP contribution in [0.25, 0.3) is 0 Å². The monoisotopic (exact) mass is 288 g/mol. The van der Waals surface area contributed by atoms with Gasteiger partial charge in [-0.25, -0.2) is 0 Å². The van der Waals surface area contributed by atoms with Crippen LogP contribution in [0.5, 0.6) is 5.75 Å². The van der Waals surface area contributed by atoms with Crippen LogP contribution in [0.2, 0.25) is 0 Å². The van der Waals surface area contributed by atoms with Gasteiger partial charge in [-0.15, -0.1) is 0 Å². The average Bonchev–Trinajstić information content (AvgIpc) is 2.92. The lowest BCUT2D eigenvalue weighted by Gasteiger charge is -2.26. The number of hydrogen-bond acceptors (Lipinski definition) is 3. The molecule has 2 aliphatic rings. The Balaban J connectivity index is 1.62. The Kier molecular flexibility index (Phi) is 3.82. The number of rotatable bonds is 3. The van der Waals surface area contributed by atoms with Gasteiger partial charge in [-0.1, -0.05) is 18.9 Å². The summed E-state index contributed by atoms with van der Waals surface area (Å²) in [6.07, 6.45) is 3.71. The third-order valence-electron chi connectivity index (χ3n) is 4.05. The normalized spacial score (nSPS) is 21.4. The number of nitrogens with one attached hydrogen (secondary N) is 2. The molecule has 112 valence electrons. The van der Waals surface area contributed by atoms with E-state index in [2.05, 4.69) is 10.6 Å². The van der Waals surface area contributed by atoms with E-state index >= 15 is 0 Å². The number of benzene rings is 1. The Morgan fingerprint density at radius 3 is 2.90 bits per heavy atom. The lowest BCUT2D eigenvalue weighted by atomic mass is 10.1. The summed E-state index contributed by atoms with van der Waals surface area (Å²) in [6, 6.07) is 5.87. The molecule has 1 heterocycles. The maximum absolute atomic E-state index is 12.0. The van der Waals surface area contributed by atoms with Crippen molar-refractivity contribution in [3.8, 4) is 5.75 Å². The van der Waals surface area contributed by atoms with Crippen molar-refractivity contribution in [2.24, 2.45) is 0 Å². The van der Waals surface area contributed by atoms with E-state index in [4.69, 9.17) is 4.74 Å². The molecule has 2 amide bonds. The van der Waals surface area contributed by atoms with Gasteiger partial charge in [0.05, 0.1) is 12.1 Å². The van der Waals surface area contributed by atoms with Crippen molar-refractivity contribution < 1.29 is 14.3 Å². The number of carbonyl (C=O) groups is 2. The Morgan fingerprint density at radius 2 is 2.14 bits per heavy atom.